The fourth-order valence-corrected chi connectivity index (χ4v) is 2.66. The highest BCUT2D eigenvalue weighted by molar-refractivity contribution is 6.17. The van der Waals surface area contributed by atoms with Crippen molar-refractivity contribution in [1.29, 1.82) is 0 Å². The number of carbonyl (C=O) groups is 1. The van der Waals surface area contributed by atoms with Gasteiger partial charge in [-0.25, -0.2) is 4.98 Å². The Labute approximate surface area is 125 Å². The van der Waals surface area contributed by atoms with Crippen LogP contribution >= 0.6 is 11.6 Å². The number of unbranched alkanes of at least 4 members (excludes halogenated alkanes) is 1. The van der Waals surface area contributed by atoms with Crippen LogP contribution in [-0.4, -0.2) is 35.9 Å². The van der Waals surface area contributed by atoms with E-state index in [0.29, 0.717) is 18.3 Å². The minimum absolute atomic E-state index is 0.159. The number of aromatic nitrogens is 1. The molecule has 0 aliphatic carbocycles. The minimum atomic E-state index is 0.159. The van der Waals surface area contributed by atoms with E-state index in [4.69, 9.17) is 11.6 Å². The molecule has 0 aromatic carbocycles. The van der Waals surface area contributed by atoms with E-state index in [9.17, 15) is 4.79 Å². The first-order chi connectivity index (χ1) is 9.79. The molecule has 1 aliphatic heterocycles. The first kappa shape index (κ1) is 15.1. The number of nitrogens with zero attached hydrogens (tertiary/aromatic N) is 2. The summed E-state index contributed by atoms with van der Waals surface area (Å²) in [6, 6.07) is 6.27. The van der Waals surface area contributed by atoms with Crippen LogP contribution in [0, 0.1) is 0 Å². The third-order valence-electron chi connectivity index (χ3n) is 3.62. The number of amides is 1. The van der Waals surface area contributed by atoms with Gasteiger partial charge in [-0.2, -0.15) is 0 Å². The molecule has 0 radical (unpaired) electrons. The van der Waals surface area contributed by atoms with Crippen molar-refractivity contribution in [2.24, 2.45) is 0 Å². The summed E-state index contributed by atoms with van der Waals surface area (Å²) in [4.78, 5) is 18.4. The fourth-order valence-electron chi connectivity index (χ4n) is 2.47. The van der Waals surface area contributed by atoms with Crippen LogP contribution in [0.1, 0.15) is 32.1 Å². The number of rotatable bonds is 6. The molecule has 1 amide bonds. The molecule has 1 saturated heterocycles. The van der Waals surface area contributed by atoms with Gasteiger partial charge in [0.2, 0.25) is 5.91 Å². The third kappa shape index (κ3) is 4.67. The van der Waals surface area contributed by atoms with E-state index in [1.54, 1.807) is 0 Å². The lowest BCUT2D eigenvalue weighted by Gasteiger charge is -2.33. The van der Waals surface area contributed by atoms with Crippen molar-refractivity contribution < 1.29 is 4.79 Å². The van der Waals surface area contributed by atoms with Gasteiger partial charge in [0.1, 0.15) is 5.82 Å². The standard InChI is InChI=1S/C15H22ClN3O/c16-9-3-1-6-15(20)18-13-7-11-19(12-8-13)14-5-2-4-10-17-14/h2,4-5,10,13H,1,3,6-9,11-12H2,(H,18,20). The number of pyridine rings is 1. The number of piperidine rings is 1. The predicted molar refractivity (Wildman–Crippen MR) is 82.2 cm³/mol. The Bertz CT molecular complexity index is 405. The average molecular weight is 296 g/mol. The van der Waals surface area contributed by atoms with E-state index in [1.807, 2.05) is 24.4 Å². The molecule has 5 heteroatoms. The molecule has 20 heavy (non-hydrogen) atoms. The molecule has 1 fully saturated rings. The Balaban J connectivity index is 1.70. The van der Waals surface area contributed by atoms with E-state index in [1.165, 1.54) is 0 Å². The summed E-state index contributed by atoms with van der Waals surface area (Å²) in [6.45, 7) is 1.90. The smallest absolute Gasteiger partial charge is 0.220 e. The predicted octanol–water partition coefficient (Wildman–Crippen LogP) is 2.58. The van der Waals surface area contributed by atoms with Crippen molar-refractivity contribution in [3.8, 4) is 0 Å². The van der Waals surface area contributed by atoms with Crippen LogP contribution in [0.5, 0.6) is 0 Å². The molecule has 0 unspecified atom stereocenters. The van der Waals surface area contributed by atoms with Crippen LogP contribution in [0.3, 0.4) is 0 Å². The van der Waals surface area contributed by atoms with E-state index < -0.39 is 0 Å². The number of alkyl halides is 1. The lowest BCUT2D eigenvalue weighted by atomic mass is 10.0. The fraction of sp³-hybridized carbons (Fsp3) is 0.600. The van der Waals surface area contributed by atoms with Crippen molar-refractivity contribution >= 4 is 23.3 Å². The molecule has 1 aromatic rings. The highest BCUT2D eigenvalue weighted by Crippen LogP contribution is 2.17. The summed E-state index contributed by atoms with van der Waals surface area (Å²) in [5.74, 6) is 1.82. The van der Waals surface area contributed by atoms with Crippen molar-refractivity contribution in [2.75, 3.05) is 23.9 Å². The zero-order valence-electron chi connectivity index (χ0n) is 11.7. The largest absolute Gasteiger partial charge is 0.356 e. The van der Waals surface area contributed by atoms with Crippen LogP contribution in [0.2, 0.25) is 0 Å². The molecule has 4 nitrogen and oxygen atoms in total. The van der Waals surface area contributed by atoms with Gasteiger partial charge in [0.05, 0.1) is 0 Å². The van der Waals surface area contributed by atoms with Gasteiger partial charge >= 0.3 is 0 Å². The first-order valence-corrected chi connectivity index (χ1v) is 7.84. The zero-order valence-corrected chi connectivity index (χ0v) is 12.5. The SMILES string of the molecule is O=C(CCCCCl)NC1CCN(c2ccccn2)CC1. The number of hydrogen-bond acceptors (Lipinski definition) is 3. The summed E-state index contributed by atoms with van der Waals surface area (Å²) >= 11 is 5.61. The maximum atomic E-state index is 11.8. The van der Waals surface area contributed by atoms with Gasteiger partial charge < -0.3 is 10.2 Å². The van der Waals surface area contributed by atoms with E-state index in [-0.39, 0.29) is 5.91 Å². The van der Waals surface area contributed by atoms with Gasteiger partial charge in [-0.05, 0) is 37.8 Å². The zero-order chi connectivity index (χ0) is 14.2. The molecule has 1 aromatic heterocycles. The molecule has 0 saturated carbocycles. The Morgan fingerprint density at radius 2 is 2.15 bits per heavy atom. The lowest BCUT2D eigenvalue weighted by Crippen LogP contribution is -2.44. The number of hydrogen-bond donors (Lipinski definition) is 1. The molecule has 0 atom stereocenters. The first-order valence-electron chi connectivity index (χ1n) is 7.31. The van der Waals surface area contributed by atoms with Crippen LogP contribution in [-0.2, 0) is 4.79 Å². The summed E-state index contributed by atoms with van der Waals surface area (Å²) in [7, 11) is 0. The van der Waals surface area contributed by atoms with Crippen LogP contribution in [0.4, 0.5) is 5.82 Å². The quantitative estimate of drug-likeness (QED) is 0.648. The van der Waals surface area contributed by atoms with Gasteiger partial charge in [-0.15, -0.1) is 11.6 Å². The maximum absolute atomic E-state index is 11.8. The van der Waals surface area contributed by atoms with Crippen LogP contribution < -0.4 is 10.2 Å². The van der Waals surface area contributed by atoms with Gasteiger partial charge in [0.15, 0.2) is 0 Å². The lowest BCUT2D eigenvalue weighted by molar-refractivity contribution is -0.122. The van der Waals surface area contributed by atoms with Gasteiger partial charge in [0, 0.05) is 37.6 Å². The van der Waals surface area contributed by atoms with Crippen molar-refractivity contribution in [1.82, 2.24) is 10.3 Å². The van der Waals surface area contributed by atoms with Crippen molar-refractivity contribution in [3.63, 3.8) is 0 Å². The summed E-state index contributed by atoms with van der Waals surface area (Å²) in [5.41, 5.74) is 0. The molecule has 2 heterocycles. The molecule has 1 aliphatic rings. The Kier molecular flexibility index (Phi) is 6.12. The van der Waals surface area contributed by atoms with E-state index >= 15 is 0 Å². The topological polar surface area (TPSA) is 45.2 Å². The third-order valence-corrected chi connectivity index (χ3v) is 3.89. The highest BCUT2D eigenvalue weighted by atomic mass is 35.5. The second kappa shape index (κ2) is 8.10. The van der Waals surface area contributed by atoms with Crippen LogP contribution in [0.15, 0.2) is 24.4 Å². The van der Waals surface area contributed by atoms with Gasteiger partial charge in [-0.1, -0.05) is 6.07 Å². The van der Waals surface area contributed by atoms with Crippen molar-refractivity contribution in [3.05, 3.63) is 24.4 Å². The molecular weight excluding hydrogens is 274 g/mol. The summed E-state index contributed by atoms with van der Waals surface area (Å²) < 4.78 is 0. The Morgan fingerprint density at radius 1 is 1.35 bits per heavy atom. The maximum Gasteiger partial charge on any atom is 0.220 e. The number of nitrogens with one attached hydrogen (secondary N) is 1. The number of anilines is 1. The second-order valence-corrected chi connectivity index (χ2v) is 5.54. The van der Waals surface area contributed by atoms with Gasteiger partial charge in [-0.3, -0.25) is 4.79 Å². The van der Waals surface area contributed by atoms with Crippen LogP contribution in [0.25, 0.3) is 0 Å². The van der Waals surface area contributed by atoms with E-state index in [2.05, 4.69) is 15.2 Å². The molecular formula is C15H22ClN3O. The monoisotopic (exact) mass is 295 g/mol. The number of carbonyl (C=O) groups excluding carboxylic acids is 1. The highest BCUT2D eigenvalue weighted by Gasteiger charge is 2.21. The Morgan fingerprint density at radius 3 is 2.80 bits per heavy atom. The second-order valence-electron chi connectivity index (χ2n) is 5.16. The van der Waals surface area contributed by atoms with Crippen molar-refractivity contribution in [2.45, 2.75) is 38.1 Å². The summed E-state index contributed by atoms with van der Waals surface area (Å²) in [6.07, 6.45) is 6.16. The normalized spacial score (nSPS) is 16.1. The molecule has 2 rings (SSSR count). The number of halogens is 1. The van der Waals surface area contributed by atoms with E-state index in [0.717, 1.165) is 44.6 Å². The molecule has 0 spiro atoms. The minimum Gasteiger partial charge on any atom is -0.356 e. The summed E-state index contributed by atoms with van der Waals surface area (Å²) in [5, 5.41) is 3.12. The molecule has 0 bridgehead atoms. The molecule has 1 N–H and O–H groups in total. The van der Waals surface area contributed by atoms with Gasteiger partial charge in [0.25, 0.3) is 0 Å². The Hall–Kier alpha value is -1.29. The molecule has 110 valence electrons. The average Bonchev–Trinajstić information content (AvgIpc) is 2.49.